The maximum absolute atomic E-state index is 9.20. The zero-order valence-electron chi connectivity index (χ0n) is 13.5. The maximum atomic E-state index is 9.20. The summed E-state index contributed by atoms with van der Waals surface area (Å²) in [5.41, 5.74) is 1.19. The van der Waals surface area contributed by atoms with Crippen LogP contribution >= 0.6 is 11.8 Å². The fourth-order valence-electron chi connectivity index (χ4n) is 1.79. The van der Waals surface area contributed by atoms with Gasteiger partial charge in [0.1, 0.15) is 22.2 Å². The fraction of sp³-hybridized carbons (Fsp3) is 0.400. The first-order valence-corrected chi connectivity index (χ1v) is 8.04. The van der Waals surface area contributed by atoms with Gasteiger partial charge >= 0.3 is 0 Å². The van der Waals surface area contributed by atoms with Gasteiger partial charge < -0.3 is 5.32 Å². The Hall–Kier alpha value is -2.58. The van der Waals surface area contributed by atoms with Crippen molar-refractivity contribution in [2.75, 3.05) is 11.1 Å². The molecule has 0 spiro atoms. The quantitative estimate of drug-likeness (QED) is 0.665. The lowest BCUT2D eigenvalue weighted by Gasteiger charge is -2.15. The van der Waals surface area contributed by atoms with Gasteiger partial charge in [0.25, 0.3) is 0 Å². The molecule has 2 rings (SSSR count). The molecule has 0 atom stereocenters. The number of nitriles is 2. The van der Waals surface area contributed by atoms with Crippen molar-refractivity contribution in [3.05, 3.63) is 23.7 Å². The largest absolute Gasteiger partial charge is 0.321 e. The molecule has 0 bridgehead atoms. The number of thioether (sulfide) groups is 1. The summed E-state index contributed by atoms with van der Waals surface area (Å²) in [5, 5.41) is 26.4. The van der Waals surface area contributed by atoms with Crippen molar-refractivity contribution in [3.63, 3.8) is 0 Å². The van der Waals surface area contributed by atoms with E-state index in [0.29, 0.717) is 16.5 Å². The maximum Gasteiger partial charge on any atom is 0.228 e. The molecule has 2 aromatic heterocycles. The Labute approximate surface area is 139 Å². The first kappa shape index (κ1) is 16.8. The van der Waals surface area contributed by atoms with E-state index in [0.717, 1.165) is 17.1 Å². The Morgan fingerprint density at radius 3 is 2.74 bits per heavy atom. The summed E-state index contributed by atoms with van der Waals surface area (Å²) in [6.45, 7) is 7.42. The zero-order chi connectivity index (χ0) is 17.0. The summed E-state index contributed by atoms with van der Waals surface area (Å²) < 4.78 is 1.61. The Bertz CT molecular complexity index is 795. The van der Waals surface area contributed by atoms with Gasteiger partial charge in [-0.1, -0.05) is 6.92 Å². The lowest BCUT2D eigenvalue weighted by Crippen LogP contribution is -2.24. The van der Waals surface area contributed by atoms with Gasteiger partial charge in [0.2, 0.25) is 5.95 Å². The van der Waals surface area contributed by atoms with Crippen LogP contribution in [0, 0.1) is 29.6 Å². The Morgan fingerprint density at radius 2 is 2.13 bits per heavy atom. The van der Waals surface area contributed by atoms with E-state index in [2.05, 4.69) is 32.5 Å². The molecule has 0 fully saturated rings. The third kappa shape index (κ3) is 3.61. The van der Waals surface area contributed by atoms with Crippen LogP contribution in [0.5, 0.6) is 0 Å². The monoisotopic (exact) mass is 327 g/mol. The molecule has 0 aliphatic heterocycles. The average Bonchev–Trinajstić information content (AvgIpc) is 2.90. The molecule has 8 heteroatoms. The van der Waals surface area contributed by atoms with E-state index in [1.165, 1.54) is 18.0 Å². The van der Waals surface area contributed by atoms with Crippen LogP contribution in [-0.2, 0) is 5.54 Å². The van der Waals surface area contributed by atoms with Gasteiger partial charge in [-0.15, -0.1) is 11.8 Å². The average molecular weight is 327 g/mol. The molecule has 0 radical (unpaired) electrons. The normalized spacial score (nSPS) is 10.9. The molecule has 2 heterocycles. The topological polar surface area (TPSA) is 103 Å². The van der Waals surface area contributed by atoms with Gasteiger partial charge in [-0.05, 0) is 26.5 Å². The zero-order valence-corrected chi connectivity index (χ0v) is 14.3. The van der Waals surface area contributed by atoms with Crippen molar-refractivity contribution in [3.8, 4) is 12.1 Å². The van der Waals surface area contributed by atoms with Crippen LogP contribution in [-0.4, -0.2) is 25.5 Å². The van der Waals surface area contributed by atoms with E-state index < -0.39 is 5.54 Å². The van der Waals surface area contributed by atoms with Crippen molar-refractivity contribution >= 4 is 23.4 Å². The molecule has 7 nitrogen and oxygen atoms in total. The highest BCUT2D eigenvalue weighted by atomic mass is 32.2. The van der Waals surface area contributed by atoms with Gasteiger partial charge in [-0.3, -0.25) is 4.68 Å². The molecule has 0 amide bonds. The van der Waals surface area contributed by atoms with Gasteiger partial charge in [-0.2, -0.15) is 15.6 Å². The van der Waals surface area contributed by atoms with Crippen molar-refractivity contribution in [2.45, 2.75) is 38.3 Å². The third-order valence-electron chi connectivity index (χ3n) is 3.15. The number of nitrogens with one attached hydrogen (secondary N) is 1. The smallest absolute Gasteiger partial charge is 0.228 e. The molecule has 0 aliphatic rings. The molecule has 0 saturated heterocycles. The number of nitrogens with zero attached hydrogens (tertiary/aromatic N) is 6. The van der Waals surface area contributed by atoms with Gasteiger partial charge in [0, 0.05) is 0 Å². The van der Waals surface area contributed by atoms with E-state index in [-0.39, 0.29) is 0 Å². The third-order valence-corrected chi connectivity index (χ3v) is 4.02. The van der Waals surface area contributed by atoms with E-state index in [1.807, 2.05) is 13.8 Å². The Balaban J connectivity index is 2.32. The summed E-state index contributed by atoms with van der Waals surface area (Å²) in [6, 6.07) is 4.29. The van der Waals surface area contributed by atoms with Crippen molar-refractivity contribution in [1.29, 1.82) is 10.5 Å². The number of rotatable bonds is 5. The molecule has 0 aromatic carbocycles. The van der Waals surface area contributed by atoms with Crippen LogP contribution in [0.1, 0.15) is 32.0 Å². The summed E-state index contributed by atoms with van der Waals surface area (Å²) in [4.78, 5) is 8.54. The molecule has 2 aromatic rings. The summed E-state index contributed by atoms with van der Waals surface area (Å²) in [7, 11) is 0. The molecule has 1 N–H and O–H groups in total. The van der Waals surface area contributed by atoms with E-state index in [9.17, 15) is 5.26 Å². The highest BCUT2D eigenvalue weighted by Crippen LogP contribution is 2.24. The molecular formula is C15H17N7S. The van der Waals surface area contributed by atoms with E-state index >= 15 is 0 Å². The Morgan fingerprint density at radius 1 is 1.39 bits per heavy atom. The molecule has 118 valence electrons. The van der Waals surface area contributed by atoms with Gasteiger partial charge in [0.15, 0.2) is 0 Å². The van der Waals surface area contributed by atoms with Crippen LogP contribution < -0.4 is 5.32 Å². The molecular weight excluding hydrogens is 310 g/mol. The Kier molecular flexibility index (Phi) is 4.87. The second-order valence-electron chi connectivity index (χ2n) is 5.33. The number of hydrogen-bond donors (Lipinski definition) is 1. The van der Waals surface area contributed by atoms with Crippen molar-refractivity contribution in [1.82, 2.24) is 19.7 Å². The van der Waals surface area contributed by atoms with Crippen molar-refractivity contribution < 1.29 is 0 Å². The standard InChI is InChI=1S/C15H17N7S/c1-5-23-13-11(6-16)7-18-14(20-13)19-12-8-22(21-10(12)2)15(3,4)9-17/h7-8H,5H2,1-4H3,(H,18,19,20). The molecule has 0 unspecified atom stereocenters. The van der Waals surface area contributed by atoms with Crippen LogP contribution in [0.2, 0.25) is 0 Å². The second kappa shape index (κ2) is 6.67. The second-order valence-corrected chi connectivity index (χ2v) is 6.58. The lowest BCUT2D eigenvalue weighted by atomic mass is 10.1. The first-order chi connectivity index (χ1) is 10.9. The fourth-order valence-corrected chi connectivity index (χ4v) is 2.47. The van der Waals surface area contributed by atoms with Crippen LogP contribution in [0.4, 0.5) is 11.6 Å². The minimum atomic E-state index is -0.737. The summed E-state index contributed by atoms with van der Waals surface area (Å²) in [5.74, 6) is 1.22. The highest BCUT2D eigenvalue weighted by molar-refractivity contribution is 7.99. The van der Waals surface area contributed by atoms with E-state index in [1.54, 1.807) is 24.7 Å². The SMILES string of the molecule is CCSc1nc(Nc2cn(C(C)(C)C#N)nc2C)ncc1C#N. The number of aryl methyl sites for hydroxylation is 1. The minimum absolute atomic E-state index is 0.400. The van der Waals surface area contributed by atoms with Crippen LogP contribution in [0.25, 0.3) is 0 Å². The molecule has 0 aliphatic carbocycles. The number of aromatic nitrogens is 4. The minimum Gasteiger partial charge on any atom is -0.321 e. The number of hydrogen-bond acceptors (Lipinski definition) is 7. The first-order valence-electron chi connectivity index (χ1n) is 7.06. The molecule has 23 heavy (non-hydrogen) atoms. The summed E-state index contributed by atoms with van der Waals surface area (Å²) >= 11 is 1.49. The van der Waals surface area contributed by atoms with Crippen molar-refractivity contribution in [2.24, 2.45) is 0 Å². The number of anilines is 2. The predicted molar refractivity (Wildman–Crippen MR) is 88.3 cm³/mol. The van der Waals surface area contributed by atoms with E-state index in [4.69, 9.17) is 5.26 Å². The molecule has 0 saturated carbocycles. The van der Waals surface area contributed by atoms with Gasteiger partial charge in [-0.25, -0.2) is 9.97 Å². The lowest BCUT2D eigenvalue weighted by molar-refractivity contribution is 0.416. The summed E-state index contributed by atoms with van der Waals surface area (Å²) in [6.07, 6.45) is 3.26. The highest BCUT2D eigenvalue weighted by Gasteiger charge is 2.22. The van der Waals surface area contributed by atoms with Crippen LogP contribution in [0.15, 0.2) is 17.4 Å². The predicted octanol–water partition coefficient (Wildman–Crippen LogP) is 2.97. The van der Waals surface area contributed by atoms with Crippen LogP contribution in [0.3, 0.4) is 0 Å². The van der Waals surface area contributed by atoms with Gasteiger partial charge in [0.05, 0.1) is 29.8 Å².